The summed E-state index contributed by atoms with van der Waals surface area (Å²) >= 11 is 0. The van der Waals surface area contributed by atoms with Gasteiger partial charge in [0, 0.05) is 50.1 Å². The molecule has 4 fully saturated rings. The number of aliphatic imine (C=N–C) groups is 2. The molecule has 8 N–H and O–H groups in total. The van der Waals surface area contributed by atoms with Crippen LogP contribution in [-0.4, -0.2) is 155 Å². The van der Waals surface area contributed by atoms with Crippen LogP contribution in [0.4, 0.5) is 12.0 Å². The molecule has 12 aromatic rings. The van der Waals surface area contributed by atoms with E-state index in [1.54, 1.807) is 12.4 Å². The van der Waals surface area contributed by atoms with Crippen molar-refractivity contribution in [1.82, 2.24) is 80.1 Å². The minimum atomic E-state index is -0.459. The van der Waals surface area contributed by atoms with Crippen LogP contribution < -0.4 is 21.3 Å². The molecule has 6 aliphatic rings. The zero-order chi connectivity index (χ0) is 79.8. The molecule has 0 unspecified atom stereocenters. The second-order valence-corrected chi connectivity index (χ2v) is 32.8. The number of imidazole rings is 4. The lowest BCUT2D eigenvalue weighted by atomic mass is 9.99. The molecule has 116 heavy (non-hydrogen) atoms. The normalized spacial score (nSPS) is 19.9. The number of rotatable bonds is 22. The Morgan fingerprint density at radius 2 is 0.767 bits per heavy atom. The maximum atomic E-state index is 13.9. The van der Waals surface area contributed by atoms with E-state index in [0.717, 1.165) is 188 Å². The fourth-order valence-corrected chi connectivity index (χ4v) is 17.3. The van der Waals surface area contributed by atoms with E-state index in [1.165, 1.54) is 12.5 Å². The smallest absolute Gasteiger partial charge is 0.295 e. The van der Waals surface area contributed by atoms with Crippen molar-refractivity contribution in [3.63, 3.8) is 0 Å². The molecule has 0 saturated carbocycles. The molecule has 0 bridgehead atoms. The van der Waals surface area contributed by atoms with Gasteiger partial charge in [0.25, 0.3) is 12.0 Å². The molecule has 8 atom stereocenters. The predicted octanol–water partition coefficient (Wildman–Crippen LogP) is 16.3. The van der Waals surface area contributed by atoms with Gasteiger partial charge in [0.1, 0.15) is 71.7 Å². The van der Waals surface area contributed by atoms with Crippen LogP contribution in [0.25, 0.3) is 88.4 Å². The number of aromatic amines is 4. The second kappa shape index (κ2) is 32.8. The van der Waals surface area contributed by atoms with Crippen molar-refractivity contribution in [3.05, 3.63) is 194 Å². The van der Waals surface area contributed by atoms with Crippen LogP contribution in [0.5, 0.6) is 0 Å². The molecule has 12 heterocycles. The first-order chi connectivity index (χ1) is 56.4. The van der Waals surface area contributed by atoms with Gasteiger partial charge in [-0.2, -0.15) is 0 Å². The molecule has 26 heteroatoms. The number of likely N-dealkylation sites (tertiary alicyclic amines) is 4. The van der Waals surface area contributed by atoms with E-state index in [-0.39, 0.29) is 71.5 Å². The number of H-pyrrole nitrogens is 4. The van der Waals surface area contributed by atoms with E-state index in [9.17, 15) is 19.2 Å². The van der Waals surface area contributed by atoms with E-state index in [4.69, 9.17) is 38.8 Å². The van der Waals surface area contributed by atoms with Crippen molar-refractivity contribution in [1.29, 1.82) is 0 Å². The summed E-state index contributed by atoms with van der Waals surface area (Å²) in [6.07, 6.45) is 26.3. The number of aromatic nitrogens is 10. The van der Waals surface area contributed by atoms with Gasteiger partial charge in [-0.05, 0) is 180 Å². The fourth-order valence-electron chi connectivity index (χ4n) is 17.3. The summed E-state index contributed by atoms with van der Waals surface area (Å²) in [5.41, 5.74) is 12.0. The first-order valence-corrected chi connectivity index (χ1v) is 41.1. The summed E-state index contributed by atoms with van der Waals surface area (Å²) < 4.78 is 10.8. The zero-order valence-corrected chi connectivity index (χ0v) is 66.8. The van der Waals surface area contributed by atoms with E-state index >= 15 is 0 Å². The van der Waals surface area contributed by atoms with E-state index < -0.39 is 24.2 Å². The lowest BCUT2D eigenvalue weighted by Gasteiger charge is -2.30. The molecule has 6 aliphatic heterocycles. The van der Waals surface area contributed by atoms with Gasteiger partial charge in [-0.15, -0.1) is 0 Å². The van der Waals surface area contributed by atoms with Gasteiger partial charge >= 0.3 is 0 Å². The molecule has 596 valence electrons. The van der Waals surface area contributed by atoms with Crippen LogP contribution in [0.2, 0.25) is 0 Å². The molecule has 0 spiro atoms. The summed E-state index contributed by atoms with van der Waals surface area (Å²) in [6.45, 7) is 19.1. The Bertz CT molecular complexity index is 5360. The van der Waals surface area contributed by atoms with Crippen LogP contribution in [0.3, 0.4) is 0 Å². The van der Waals surface area contributed by atoms with E-state index in [0.29, 0.717) is 38.2 Å². The summed E-state index contributed by atoms with van der Waals surface area (Å²) in [6, 6.07) is 37.0. The maximum absolute atomic E-state index is 13.9. The van der Waals surface area contributed by atoms with Crippen molar-refractivity contribution < 1.29 is 28.0 Å². The lowest BCUT2D eigenvalue weighted by Crippen LogP contribution is -2.45. The number of fused-ring (bicyclic) bond motifs is 4. The van der Waals surface area contributed by atoms with Crippen LogP contribution >= 0.6 is 0 Å². The number of anilines is 2. The molecule has 6 aromatic carbocycles. The van der Waals surface area contributed by atoms with Gasteiger partial charge < -0.3 is 69.6 Å². The third-order valence-electron chi connectivity index (χ3n) is 23.6. The summed E-state index contributed by atoms with van der Waals surface area (Å²) in [5, 5.41) is 17.2. The monoisotopic (exact) mass is 1560 g/mol. The quantitative estimate of drug-likeness (QED) is 0.0313. The number of carbonyl (C=O) groups excluding carboxylic acids is 4. The first kappa shape index (κ1) is 76.2. The first-order valence-electron chi connectivity index (χ1n) is 41.1. The SMILES string of the molecule is CC(C)[C@H](N=C1CC=CN1)C(=O)N1CCC[C@H]1c1nc2ccc(-c3ccc4cc(-c5cnc([C@@H]6CCCN6C(=O)[C@@H](Nc6ncco6)C(C)C)[nH]5)ccc4c3)cc2[nH]1.CC(C)[C@H](N=C1CC=CN1)C(=O)N1CCC[C@H]1c1nc2ccc(-c3ccc4cc(-c5cnc([C@@H]6CCCN6C(=O)[C@@H](Nc6ncco6)C(C)C)[nH]5)ccc4c3)cc2[nH]1. The molecule has 4 amide bonds. The molecular weight excluding hydrogens is 1460 g/mol. The minimum absolute atomic E-state index is 0.0198. The highest BCUT2D eigenvalue weighted by atomic mass is 16.4. The Hall–Kier alpha value is -12.5. The zero-order valence-electron chi connectivity index (χ0n) is 66.8. The lowest BCUT2D eigenvalue weighted by molar-refractivity contribution is -0.135. The average Bonchev–Trinajstić information content (AvgIpc) is 1.62. The van der Waals surface area contributed by atoms with Gasteiger partial charge in [-0.1, -0.05) is 128 Å². The van der Waals surface area contributed by atoms with Gasteiger partial charge in [0.15, 0.2) is 0 Å². The van der Waals surface area contributed by atoms with Crippen molar-refractivity contribution in [2.45, 2.75) is 168 Å². The Kier molecular flexibility index (Phi) is 21.5. The molecule has 26 nitrogen and oxygen atoms in total. The highest BCUT2D eigenvalue weighted by molar-refractivity contribution is 5.96. The van der Waals surface area contributed by atoms with Crippen molar-refractivity contribution in [3.8, 4) is 44.8 Å². The van der Waals surface area contributed by atoms with Crippen LogP contribution in [0.15, 0.2) is 190 Å². The van der Waals surface area contributed by atoms with Crippen LogP contribution in [0, 0.1) is 23.7 Å². The minimum Gasteiger partial charge on any atom is -0.432 e. The highest BCUT2D eigenvalue weighted by Gasteiger charge is 2.42. The van der Waals surface area contributed by atoms with Crippen molar-refractivity contribution in [2.75, 3.05) is 36.8 Å². The Balaban J connectivity index is 0.000000167. The van der Waals surface area contributed by atoms with Crippen LogP contribution in [-0.2, 0) is 19.2 Å². The highest BCUT2D eigenvalue weighted by Crippen LogP contribution is 2.41. The van der Waals surface area contributed by atoms with Gasteiger partial charge in [0.2, 0.25) is 23.6 Å². The topological polar surface area (TPSA) is 321 Å². The molecule has 4 saturated heterocycles. The van der Waals surface area contributed by atoms with E-state index in [2.05, 4.69) is 188 Å². The largest absolute Gasteiger partial charge is 0.432 e. The number of amides is 4. The maximum Gasteiger partial charge on any atom is 0.295 e. The number of hydrogen-bond acceptors (Lipinski definition) is 16. The predicted molar refractivity (Wildman–Crippen MR) is 451 cm³/mol. The van der Waals surface area contributed by atoms with Crippen molar-refractivity contribution >= 4 is 90.9 Å². The van der Waals surface area contributed by atoms with Gasteiger partial charge in [-0.3, -0.25) is 29.2 Å². The standard InChI is InChI=1S/2C45H50N10O3/c2*1-26(2)39(52-38-10-5-17-46-38)43(56)55-20-7-9-37(55)42-49-33-16-15-31(24-34(33)50-42)29-11-12-30-23-32(14-13-28(30)22-29)35-25-48-41(51-35)36-8-6-19-54(36)44(57)40(27(3)4)53-45-47-18-21-58-45/h2*5,11-18,21-27,36-37,39-40H,6-10,19-20H2,1-4H3,(H,46,52)(H,47,53)(H,48,51)(H,49,50)/t2*36-,37-,39-,40-/m00/s1. The molecular formula is C90H100N20O6. The Labute approximate surface area is 673 Å². The number of nitrogens with one attached hydrogen (secondary N) is 8. The summed E-state index contributed by atoms with van der Waals surface area (Å²) in [4.78, 5) is 115. The number of benzene rings is 6. The molecule has 0 radical (unpaired) electrons. The Morgan fingerprint density at radius 1 is 0.414 bits per heavy atom. The third-order valence-corrected chi connectivity index (χ3v) is 23.6. The van der Waals surface area contributed by atoms with Gasteiger partial charge in [0.05, 0.1) is 82.4 Å². The molecule has 0 aliphatic carbocycles. The number of oxazole rings is 2. The van der Waals surface area contributed by atoms with Crippen LogP contribution in [0.1, 0.15) is 167 Å². The second-order valence-electron chi connectivity index (χ2n) is 32.8. The number of amidine groups is 2. The Morgan fingerprint density at radius 3 is 1.12 bits per heavy atom. The number of carbonyl (C=O) groups is 4. The average molecular weight is 1560 g/mol. The molecule has 18 rings (SSSR count). The van der Waals surface area contributed by atoms with Gasteiger partial charge in [-0.25, -0.2) is 29.9 Å². The molecule has 6 aromatic heterocycles. The fraction of sp³-hybridized carbons (Fsp3) is 0.378. The van der Waals surface area contributed by atoms with Crippen molar-refractivity contribution in [2.24, 2.45) is 33.7 Å². The third kappa shape index (κ3) is 15.7. The number of nitrogens with zero attached hydrogens (tertiary/aromatic N) is 12. The van der Waals surface area contributed by atoms with E-state index in [1.807, 2.05) is 84.2 Å². The summed E-state index contributed by atoms with van der Waals surface area (Å²) in [7, 11) is 0. The summed E-state index contributed by atoms with van der Waals surface area (Å²) in [5.74, 6) is 5.34. The number of hydrogen-bond donors (Lipinski definition) is 8.